The van der Waals surface area contributed by atoms with Gasteiger partial charge in [-0.2, -0.15) is 0 Å². The molecule has 3 heteroatoms. The van der Waals surface area contributed by atoms with Crippen molar-refractivity contribution in [2.75, 3.05) is 6.61 Å². The number of benzene rings is 2. The fraction of sp³-hybridized carbons (Fsp3) is 0.250. The van der Waals surface area contributed by atoms with Gasteiger partial charge in [-0.25, -0.2) is 0 Å². The largest absolute Gasteiger partial charge is 0.394 e. The molecule has 2 aromatic rings. The van der Waals surface area contributed by atoms with Gasteiger partial charge in [-0.3, -0.25) is 0 Å². The van der Waals surface area contributed by atoms with Crippen molar-refractivity contribution in [1.29, 1.82) is 0 Å². The average Bonchev–Trinajstić information content (AvgIpc) is 2.49. The van der Waals surface area contributed by atoms with E-state index in [2.05, 4.69) is 0 Å². The highest BCUT2D eigenvalue weighted by molar-refractivity contribution is 5.34. The van der Waals surface area contributed by atoms with E-state index < -0.39 is 18.8 Å². The monoisotopic (exact) mass is 258 g/mol. The minimum absolute atomic E-state index is 0.357. The third kappa shape index (κ3) is 3.20. The van der Waals surface area contributed by atoms with Gasteiger partial charge in [-0.15, -0.1) is 0 Å². The SMILES string of the molecule is OCC(O)C(O)C(c1ccccc1)c1ccccc1. The van der Waals surface area contributed by atoms with Crippen molar-refractivity contribution in [3.8, 4) is 0 Å². The van der Waals surface area contributed by atoms with E-state index in [0.29, 0.717) is 0 Å². The van der Waals surface area contributed by atoms with E-state index in [9.17, 15) is 10.2 Å². The van der Waals surface area contributed by atoms with Gasteiger partial charge in [-0.05, 0) is 11.1 Å². The Hall–Kier alpha value is -1.68. The van der Waals surface area contributed by atoms with E-state index in [1.807, 2.05) is 60.7 Å². The lowest BCUT2D eigenvalue weighted by molar-refractivity contribution is -0.0213. The smallest absolute Gasteiger partial charge is 0.104 e. The lowest BCUT2D eigenvalue weighted by atomic mass is 9.84. The Morgan fingerprint density at radius 2 is 1.16 bits per heavy atom. The maximum atomic E-state index is 10.3. The van der Waals surface area contributed by atoms with Crippen LogP contribution in [0.4, 0.5) is 0 Å². The van der Waals surface area contributed by atoms with E-state index in [1.54, 1.807) is 0 Å². The molecule has 3 N–H and O–H groups in total. The van der Waals surface area contributed by atoms with E-state index in [0.717, 1.165) is 11.1 Å². The summed E-state index contributed by atoms with van der Waals surface area (Å²) in [6.07, 6.45) is -2.21. The molecule has 0 saturated carbocycles. The second-order valence-corrected chi connectivity index (χ2v) is 4.54. The molecule has 0 aliphatic carbocycles. The minimum atomic E-state index is -1.16. The molecule has 19 heavy (non-hydrogen) atoms. The highest BCUT2D eigenvalue weighted by Crippen LogP contribution is 2.29. The van der Waals surface area contributed by atoms with Gasteiger partial charge < -0.3 is 15.3 Å². The minimum Gasteiger partial charge on any atom is -0.394 e. The van der Waals surface area contributed by atoms with Crippen LogP contribution in [0, 0.1) is 0 Å². The molecule has 0 bridgehead atoms. The molecular weight excluding hydrogens is 240 g/mol. The van der Waals surface area contributed by atoms with Gasteiger partial charge in [-0.1, -0.05) is 60.7 Å². The van der Waals surface area contributed by atoms with Gasteiger partial charge in [0.15, 0.2) is 0 Å². The van der Waals surface area contributed by atoms with E-state index in [4.69, 9.17) is 5.11 Å². The molecule has 100 valence electrons. The van der Waals surface area contributed by atoms with Gasteiger partial charge in [0.2, 0.25) is 0 Å². The molecule has 0 amide bonds. The molecule has 0 aromatic heterocycles. The molecule has 0 aliphatic heterocycles. The van der Waals surface area contributed by atoms with E-state index in [1.165, 1.54) is 0 Å². The van der Waals surface area contributed by atoms with Crippen LogP contribution in [0.25, 0.3) is 0 Å². The Balaban J connectivity index is 2.40. The van der Waals surface area contributed by atoms with Crippen molar-refractivity contribution in [3.63, 3.8) is 0 Å². The highest BCUT2D eigenvalue weighted by atomic mass is 16.4. The topological polar surface area (TPSA) is 60.7 Å². The summed E-state index contributed by atoms with van der Waals surface area (Å²) < 4.78 is 0. The zero-order chi connectivity index (χ0) is 13.7. The number of hydrogen-bond donors (Lipinski definition) is 3. The summed E-state index contributed by atoms with van der Waals surface area (Å²) in [7, 11) is 0. The standard InChI is InChI=1S/C16H18O3/c17-11-14(18)16(19)15(12-7-3-1-4-8-12)13-9-5-2-6-10-13/h1-10,14-19H,11H2. The molecule has 0 saturated heterocycles. The van der Waals surface area contributed by atoms with Crippen LogP contribution in [0.1, 0.15) is 17.0 Å². The van der Waals surface area contributed by atoms with E-state index >= 15 is 0 Å². The van der Waals surface area contributed by atoms with Crippen LogP contribution in [-0.4, -0.2) is 34.1 Å². The summed E-state index contributed by atoms with van der Waals surface area (Å²) in [6.45, 7) is -0.461. The van der Waals surface area contributed by atoms with Gasteiger partial charge in [0.05, 0.1) is 12.7 Å². The average molecular weight is 258 g/mol. The first kappa shape index (κ1) is 13.7. The summed E-state index contributed by atoms with van der Waals surface area (Å²) in [5.41, 5.74) is 1.82. The van der Waals surface area contributed by atoms with Crippen LogP contribution in [0.2, 0.25) is 0 Å². The molecule has 0 fully saturated rings. The van der Waals surface area contributed by atoms with Crippen molar-refractivity contribution in [2.24, 2.45) is 0 Å². The third-order valence-corrected chi connectivity index (χ3v) is 3.24. The Bertz CT molecular complexity index is 444. The zero-order valence-corrected chi connectivity index (χ0v) is 10.6. The Kier molecular flexibility index (Phi) is 4.68. The lowest BCUT2D eigenvalue weighted by Gasteiger charge is -2.26. The summed E-state index contributed by atoms with van der Waals surface area (Å²) in [5.74, 6) is -0.357. The summed E-state index contributed by atoms with van der Waals surface area (Å²) in [5, 5.41) is 29.0. The predicted molar refractivity (Wildman–Crippen MR) is 73.8 cm³/mol. The maximum Gasteiger partial charge on any atom is 0.104 e. The first-order chi connectivity index (χ1) is 9.24. The predicted octanol–water partition coefficient (Wildman–Crippen LogP) is 1.53. The molecule has 2 unspecified atom stereocenters. The normalized spacial score (nSPS) is 14.3. The highest BCUT2D eigenvalue weighted by Gasteiger charge is 2.28. The summed E-state index contributed by atoms with van der Waals surface area (Å²) >= 11 is 0. The number of rotatable bonds is 5. The van der Waals surface area contributed by atoms with Crippen LogP contribution in [0.5, 0.6) is 0 Å². The molecule has 0 spiro atoms. The molecule has 3 nitrogen and oxygen atoms in total. The molecule has 0 heterocycles. The van der Waals surface area contributed by atoms with Crippen molar-refractivity contribution in [3.05, 3.63) is 71.8 Å². The van der Waals surface area contributed by atoms with Crippen LogP contribution in [0.15, 0.2) is 60.7 Å². The lowest BCUT2D eigenvalue weighted by Crippen LogP contribution is -2.35. The number of aliphatic hydroxyl groups is 3. The van der Waals surface area contributed by atoms with Crippen LogP contribution < -0.4 is 0 Å². The van der Waals surface area contributed by atoms with Gasteiger partial charge in [0, 0.05) is 5.92 Å². The van der Waals surface area contributed by atoms with Gasteiger partial charge in [0.25, 0.3) is 0 Å². The fourth-order valence-electron chi connectivity index (χ4n) is 2.24. The van der Waals surface area contributed by atoms with Crippen molar-refractivity contribution in [2.45, 2.75) is 18.1 Å². The molecule has 2 atom stereocenters. The second kappa shape index (κ2) is 6.48. The second-order valence-electron chi connectivity index (χ2n) is 4.54. The van der Waals surface area contributed by atoms with Crippen LogP contribution in [-0.2, 0) is 0 Å². The van der Waals surface area contributed by atoms with Crippen LogP contribution in [0.3, 0.4) is 0 Å². The number of aliphatic hydroxyl groups excluding tert-OH is 3. The molecule has 2 rings (SSSR count). The van der Waals surface area contributed by atoms with Gasteiger partial charge in [0.1, 0.15) is 6.10 Å². The number of hydrogen-bond acceptors (Lipinski definition) is 3. The van der Waals surface area contributed by atoms with Crippen molar-refractivity contribution < 1.29 is 15.3 Å². The summed E-state index contributed by atoms with van der Waals surface area (Å²) in [4.78, 5) is 0. The Morgan fingerprint density at radius 1 is 0.737 bits per heavy atom. The Morgan fingerprint density at radius 3 is 1.53 bits per heavy atom. The molecule has 0 radical (unpaired) electrons. The quantitative estimate of drug-likeness (QED) is 0.762. The summed E-state index contributed by atoms with van der Waals surface area (Å²) in [6, 6.07) is 19.0. The molecule has 0 aliphatic rings. The Labute approximate surface area is 112 Å². The van der Waals surface area contributed by atoms with Gasteiger partial charge >= 0.3 is 0 Å². The maximum absolute atomic E-state index is 10.3. The van der Waals surface area contributed by atoms with Crippen LogP contribution >= 0.6 is 0 Å². The zero-order valence-electron chi connectivity index (χ0n) is 10.6. The van der Waals surface area contributed by atoms with E-state index in [-0.39, 0.29) is 5.92 Å². The fourth-order valence-corrected chi connectivity index (χ4v) is 2.24. The third-order valence-electron chi connectivity index (χ3n) is 3.24. The molecule has 2 aromatic carbocycles. The van der Waals surface area contributed by atoms with Crippen molar-refractivity contribution in [1.82, 2.24) is 0 Å². The first-order valence-electron chi connectivity index (χ1n) is 6.31. The first-order valence-corrected chi connectivity index (χ1v) is 6.31. The molecular formula is C16H18O3. The van der Waals surface area contributed by atoms with Crippen molar-refractivity contribution >= 4 is 0 Å².